The fourth-order valence-electron chi connectivity index (χ4n) is 2.32. The number of urea groups is 1. The summed E-state index contributed by atoms with van der Waals surface area (Å²) in [7, 11) is 0. The number of amides is 4. The van der Waals surface area contributed by atoms with Gasteiger partial charge in [0.2, 0.25) is 5.91 Å². The molecule has 0 atom stereocenters. The van der Waals surface area contributed by atoms with Crippen LogP contribution in [0.3, 0.4) is 0 Å². The molecule has 118 valence electrons. The van der Waals surface area contributed by atoms with Crippen molar-refractivity contribution >= 4 is 17.8 Å². The summed E-state index contributed by atoms with van der Waals surface area (Å²) < 4.78 is 1.85. The van der Waals surface area contributed by atoms with Crippen LogP contribution in [-0.4, -0.2) is 45.4 Å². The summed E-state index contributed by atoms with van der Waals surface area (Å²) in [5.41, 5.74) is 1.80. The molecule has 0 spiro atoms. The van der Waals surface area contributed by atoms with Crippen molar-refractivity contribution in [3.63, 3.8) is 0 Å². The van der Waals surface area contributed by atoms with E-state index in [1.165, 1.54) is 0 Å². The third-order valence-corrected chi connectivity index (χ3v) is 3.49. The summed E-state index contributed by atoms with van der Waals surface area (Å²) >= 11 is 0. The average Bonchev–Trinajstić information content (AvgIpc) is 3.19. The van der Waals surface area contributed by atoms with Crippen molar-refractivity contribution in [2.45, 2.75) is 6.54 Å². The standard InChI is InChI=1S/C15H15N5O3/c21-13(9-20-14(22)8-18-15(20)23)17-7-11-3-1-2-4-12(11)19-6-5-16-10-19/h1-6,10H,7-9H2,(H,17,21)(H,18,23). The molecule has 8 nitrogen and oxygen atoms in total. The predicted octanol–water partition coefficient (Wildman–Crippen LogP) is 0.0403. The lowest BCUT2D eigenvalue weighted by atomic mass is 10.1. The summed E-state index contributed by atoms with van der Waals surface area (Å²) in [5, 5.41) is 5.10. The molecular weight excluding hydrogens is 298 g/mol. The van der Waals surface area contributed by atoms with E-state index in [2.05, 4.69) is 15.6 Å². The number of carbonyl (C=O) groups is 3. The maximum Gasteiger partial charge on any atom is 0.325 e. The lowest BCUT2D eigenvalue weighted by Crippen LogP contribution is -2.40. The first kappa shape index (κ1) is 14.8. The zero-order valence-electron chi connectivity index (χ0n) is 12.2. The summed E-state index contributed by atoms with van der Waals surface area (Å²) in [4.78, 5) is 39.7. The molecular formula is C15H15N5O3. The van der Waals surface area contributed by atoms with Crippen LogP contribution in [0.2, 0.25) is 0 Å². The van der Waals surface area contributed by atoms with Gasteiger partial charge in [-0.15, -0.1) is 0 Å². The van der Waals surface area contributed by atoms with E-state index in [1.807, 2.05) is 35.0 Å². The Kier molecular flexibility index (Phi) is 4.05. The Morgan fingerprint density at radius 3 is 2.83 bits per heavy atom. The molecule has 1 saturated heterocycles. The number of hydrogen-bond donors (Lipinski definition) is 2. The Labute approximate surface area is 132 Å². The van der Waals surface area contributed by atoms with Crippen LogP contribution in [0.4, 0.5) is 4.79 Å². The number of imide groups is 1. The highest BCUT2D eigenvalue weighted by atomic mass is 16.2. The summed E-state index contributed by atoms with van der Waals surface area (Å²) in [6, 6.07) is 7.04. The second kappa shape index (κ2) is 6.30. The van der Waals surface area contributed by atoms with Crippen LogP contribution in [0.5, 0.6) is 0 Å². The molecule has 1 fully saturated rings. The van der Waals surface area contributed by atoms with Gasteiger partial charge in [0, 0.05) is 18.9 Å². The van der Waals surface area contributed by atoms with Crippen LogP contribution in [0.25, 0.3) is 5.69 Å². The molecule has 2 N–H and O–H groups in total. The van der Waals surface area contributed by atoms with Gasteiger partial charge in [0.15, 0.2) is 0 Å². The summed E-state index contributed by atoms with van der Waals surface area (Å²) in [6.07, 6.45) is 5.16. The van der Waals surface area contributed by atoms with Gasteiger partial charge < -0.3 is 15.2 Å². The third kappa shape index (κ3) is 3.20. The first-order chi connectivity index (χ1) is 11.1. The molecule has 0 aliphatic carbocycles. The van der Waals surface area contributed by atoms with Gasteiger partial charge in [-0.3, -0.25) is 14.5 Å². The molecule has 8 heteroatoms. The number of aromatic nitrogens is 2. The molecule has 1 aromatic heterocycles. The number of carbonyl (C=O) groups excluding carboxylic acids is 3. The molecule has 23 heavy (non-hydrogen) atoms. The van der Waals surface area contributed by atoms with Crippen molar-refractivity contribution in [1.29, 1.82) is 0 Å². The van der Waals surface area contributed by atoms with E-state index in [-0.39, 0.29) is 19.6 Å². The SMILES string of the molecule is O=C(CN1C(=O)CNC1=O)NCc1ccccc1-n1ccnc1. The first-order valence-corrected chi connectivity index (χ1v) is 7.06. The quantitative estimate of drug-likeness (QED) is 0.762. The molecule has 0 saturated carbocycles. The molecule has 2 heterocycles. The fraction of sp³-hybridized carbons (Fsp3) is 0.200. The van der Waals surface area contributed by atoms with Gasteiger partial charge in [0.25, 0.3) is 5.91 Å². The zero-order chi connectivity index (χ0) is 16.2. The molecule has 0 unspecified atom stereocenters. The van der Waals surface area contributed by atoms with Crippen LogP contribution in [-0.2, 0) is 16.1 Å². The van der Waals surface area contributed by atoms with Crippen molar-refractivity contribution in [2.24, 2.45) is 0 Å². The van der Waals surface area contributed by atoms with Gasteiger partial charge in [-0.25, -0.2) is 9.78 Å². The molecule has 0 radical (unpaired) electrons. The van der Waals surface area contributed by atoms with E-state index in [1.54, 1.807) is 12.5 Å². The van der Waals surface area contributed by atoms with Gasteiger partial charge in [0.05, 0.1) is 18.6 Å². The highest BCUT2D eigenvalue weighted by molar-refractivity contribution is 6.04. The van der Waals surface area contributed by atoms with Gasteiger partial charge in [-0.05, 0) is 11.6 Å². The monoisotopic (exact) mass is 313 g/mol. The van der Waals surface area contributed by atoms with Crippen LogP contribution in [0.1, 0.15) is 5.56 Å². The number of nitrogens with zero attached hydrogens (tertiary/aromatic N) is 3. The Morgan fingerprint density at radius 1 is 1.30 bits per heavy atom. The van der Waals surface area contributed by atoms with Crippen LogP contribution in [0.15, 0.2) is 43.0 Å². The predicted molar refractivity (Wildman–Crippen MR) is 80.5 cm³/mol. The Morgan fingerprint density at radius 2 is 2.13 bits per heavy atom. The fourth-order valence-corrected chi connectivity index (χ4v) is 2.32. The molecule has 1 aliphatic rings. The van der Waals surface area contributed by atoms with E-state index in [0.717, 1.165) is 16.2 Å². The van der Waals surface area contributed by atoms with Gasteiger partial charge >= 0.3 is 6.03 Å². The molecule has 1 aromatic carbocycles. The van der Waals surface area contributed by atoms with Crippen molar-refractivity contribution in [3.05, 3.63) is 48.5 Å². The van der Waals surface area contributed by atoms with E-state index in [4.69, 9.17) is 0 Å². The topological polar surface area (TPSA) is 96.3 Å². The summed E-state index contributed by atoms with van der Waals surface area (Å²) in [6.45, 7) is -0.0513. The molecule has 2 aromatic rings. The third-order valence-electron chi connectivity index (χ3n) is 3.49. The van der Waals surface area contributed by atoms with Gasteiger partial charge in [-0.2, -0.15) is 0 Å². The largest absolute Gasteiger partial charge is 0.350 e. The summed E-state index contributed by atoms with van der Waals surface area (Å²) in [5.74, 6) is -0.792. The number of para-hydroxylation sites is 1. The number of benzene rings is 1. The van der Waals surface area contributed by atoms with E-state index in [0.29, 0.717) is 0 Å². The number of hydrogen-bond acceptors (Lipinski definition) is 4. The Balaban J connectivity index is 1.64. The van der Waals surface area contributed by atoms with Crippen molar-refractivity contribution in [3.8, 4) is 5.69 Å². The van der Waals surface area contributed by atoms with Crippen LogP contribution in [0, 0.1) is 0 Å². The maximum atomic E-state index is 12.0. The lowest BCUT2D eigenvalue weighted by molar-refractivity contribution is -0.130. The molecule has 4 amide bonds. The normalized spacial score (nSPS) is 14.0. The minimum Gasteiger partial charge on any atom is -0.350 e. The second-order valence-corrected chi connectivity index (χ2v) is 5.01. The highest BCUT2D eigenvalue weighted by Gasteiger charge is 2.29. The van der Waals surface area contributed by atoms with Crippen LogP contribution >= 0.6 is 0 Å². The van der Waals surface area contributed by atoms with Crippen molar-refractivity contribution < 1.29 is 14.4 Å². The Hall–Kier alpha value is -3.16. The number of nitrogens with one attached hydrogen (secondary N) is 2. The molecule has 1 aliphatic heterocycles. The zero-order valence-corrected chi connectivity index (χ0v) is 12.2. The van der Waals surface area contributed by atoms with E-state index >= 15 is 0 Å². The van der Waals surface area contributed by atoms with Gasteiger partial charge in [0.1, 0.15) is 6.54 Å². The van der Waals surface area contributed by atoms with Crippen molar-refractivity contribution in [1.82, 2.24) is 25.1 Å². The minimum absolute atomic E-state index is 0.0599. The minimum atomic E-state index is -0.538. The average molecular weight is 313 g/mol. The Bertz CT molecular complexity index is 725. The number of rotatable bonds is 5. The first-order valence-electron chi connectivity index (χ1n) is 7.06. The molecule has 0 bridgehead atoms. The maximum absolute atomic E-state index is 12.0. The second-order valence-electron chi connectivity index (χ2n) is 5.01. The smallest absolute Gasteiger partial charge is 0.325 e. The van der Waals surface area contributed by atoms with Crippen molar-refractivity contribution in [2.75, 3.05) is 13.1 Å². The molecule has 3 rings (SSSR count). The lowest BCUT2D eigenvalue weighted by Gasteiger charge is -2.14. The van der Waals surface area contributed by atoms with E-state index in [9.17, 15) is 14.4 Å². The van der Waals surface area contributed by atoms with E-state index < -0.39 is 17.8 Å². The van der Waals surface area contributed by atoms with Gasteiger partial charge in [-0.1, -0.05) is 18.2 Å². The number of imidazole rings is 1. The highest BCUT2D eigenvalue weighted by Crippen LogP contribution is 2.13. The van der Waals surface area contributed by atoms with Crippen LogP contribution < -0.4 is 10.6 Å².